The van der Waals surface area contributed by atoms with Gasteiger partial charge in [0.25, 0.3) is 0 Å². The Kier molecular flexibility index (Phi) is 5.38. The summed E-state index contributed by atoms with van der Waals surface area (Å²) in [6.07, 6.45) is -5.61. The number of amides is 1. The number of carbonyl (C=O) groups is 1. The normalized spacial score (nSPS) is 12.9. The second kappa shape index (κ2) is 7.10. The largest absolute Gasteiger partial charge is 0.416 e. The Labute approximate surface area is 135 Å². The topological polar surface area (TPSA) is 62.2 Å². The van der Waals surface area contributed by atoms with Crippen molar-refractivity contribution in [3.8, 4) is 0 Å². The highest BCUT2D eigenvalue weighted by molar-refractivity contribution is 7.09. The summed E-state index contributed by atoms with van der Waals surface area (Å²) in [6.45, 7) is 1.66. The molecular formula is C15H15F3N2O2S. The lowest BCUT2D eigenvalue weighted by atomic mass is 10.1. The first-order valence-electron chi connectivity index (χ1n) is 6.78. The Morgan fingerprint density at radius 3 is 2.78 bits per heavy atom. The molecule has 0 aliphatic rings. The van der Waals surface area contributed by atoms with E-state index < -0.39 is 17.8 Å². The predicted octanol–water partition coefficient (Wildman–Crippen LogP) is 2.86. The minimum Gasteiger partial charge on any atom is -0.387 e. The Balaban J connectivity index is 1.91. The van der Waals surface area contributed by atoms with Crippen LogP contribution >= 0.6 is 11.3 Å². The third kappa shape index (κ3) is 5.04. The van der Waals surface area contributed by atoms with Gasteiger partial charge in [0.2, 0.25) is 5.91 Å². The minimum atomic E-state index is -4.47. The molecule has 1 atom stereocenters. The van der Waals surface area contributed by atoms with Crippen LogP contribution < -0.4 is 5.32 Å². The summed E-state index contributed by atoms with van der Waals surface area (Å²) in [5.74, 6) is -0.346. The summed E-state index contributed by atoms with van der Waals surface area (Å²) in [5, 5.41) is 15.0. The van der Waals surface area contributed by atoms with Gasteiger partial charge < -0.3 is 10.4 Å². The molecule has 0 spiro atoms. The fraction of sp³-hybridized carbons (Fsp3) is 0.333. The fourth-order valence-corrected chi connectivity index (χ4v) is 2.58. The van der Waals surface area contributed by atoms with E-state index >= 15 is 0 Å². The van der Waals surface area contributed by atoms with Gasteiger partial charge in [-0.25, -0.2) is 4.98 Å². The third-order valence-corrected chi connectivity index (χ3v) is 3.92. The Bertz CT molecular complexity index is 685. The first-order valence-corrected chi connectivity index (χ1v) is 7.66. The molecule has 1 heterocycles. The SMILES string of the molecule is Cc1nc(CC(=O)NCC(O)c2cccc(C(F)(F)F)c2)cs1. The van der Waals surface area contributed by atoms with Crippen LogP contribution in [0.3, 0.4) is 0 Å². The zero-order chi connectivity index (χ0) is 17.0. The van der Waals surface area contributed by atoms with Crippen molar-refractivity contribution >= 4 is 17.2 Å². The van der Waals surface area contributed by atoms with E-state index in [1.165, 1.54) is 23.5 Å². The molecule has 1 amide bonds. The number of nitrogens with one attached hydrogen (secondary N) is 1. The minimum absolute atomic E-state index is 0.0691. The fourth-order valence-electron chi connectivity index (χ4n) is 1.97. The third-order valence-electron chi connectivity index (χ3n) is 3.10. The van der Waals surface area contributed by atoms with E-state index in [9.17, 15) is 23.1 Å². The molecular weight excluding hydrogens is 329 g/mol. The molecule has 0 saturated carbocycles. The van der Waals surface area contributed by atoms with Crippen LogP contribution in [0.25, 0.3) is 0 Å². The van der Waals surface area contributed by atoms with Gasteiger partial charge >= 0.3 is 6.18 Å². The molecule has 0 radical (unpaired) electrons. The molecule has 2 N–H and O–H groups in total. The van der Waals surface area contributed by atoms with Gasteiger partial charge in [-0.05, 0) is 24.6 Å². The summed E-state index contributed by atoms with van der Waals surface area (Å²) in [5.41, 5.74) is -0.110. The van der Waals surface area contributed by atoms with E-state index in [0.29, 0.717) is 5.69 Å². The van der Waals surface area contributed by atoms with Crippen LogP contribution in [0.4, 0.5) is 13.2 Å². The number of aliphatic hydroxyl groups excluding tert-OH is 1. The lowest BCUT2D eigenvalue weighted by Crippen LogP contribution is -2.29. The lowest BCUT2D eigenvalue weighted by molar-refractivity contribution is -0.137. The molecule has 23 heavy (non-hydrogen) atoms. The molecule has 1 aromatic carbocycles. The van der Waals surface area contributed by atoms with Gasteiger partial charge in [0, 0.05) is 11.9 Å². The molecule has 0 saturated heterocycles. The van der Waals surface area contributed by atoms with Crippen molar-refractivity contribution in [1.29, 1.82) is 0 Å². The zero-order valence-electron chi connectivity index (χ0n) is 12.2. The van der Waals surface area contributed by atoms with E-state index in [1.807, 2.05) is 6.92 Å². The molecule has 2 aromatic rings. The van der Waals surface area contributed by atoms with Crippen molar-refractivity contribution in [2.75, 3.05) is 6.54 Å². The predicted molar refractivity (Wildman–Crippen MR) is 80.0 cm³/mol. The second-order valence-corrected chi connectivity index (χ2v) is 6.04. The molecule has 1 aromatic heterocycles. The molecule has 0 aliphatic heterocycles. The van der Waals surface area contributed by atoms with E-state index in [1.54, 1.807) is 5.38 Å². The van der Waals surface area contributed by atoms with Crippen LogP contribution in [0.15, 0.2) is 29.6 Å². The number of aromatic nitrogens is 1. The Morgan fingerprint density at radius 2 is 2.17 bits per heavy atom. The monoisotopic (exact) mass is 344 g/mol. The van der Waals surface area contributed by atoms with Gasteiger partial charge in [-0.2, -0.15) is 13.2 Å². The number of carbonyl (C=O) groups excluding carboxylic acids is 1. The van der Waals surface area contributed by atoms with Gasteiger partial charge in [-0.3, -0.25) is 4.79 Å². The van der Waals surface area contributed by atoms with Crippen molar-refractivity contribution in [1.82, 2.24) is 10.3 Å². The highest BCUT2D eigenvalue weighted by Gasteiger charge is 2.30. The van der Waals surface area contributed by atoms with Crippen molar-refractivity contribution < 1.29 is 23.1 Å². The molecule has 0 aliphatic carbocycles. The van der Waals surface area contributed by atoms with Crippen molar-refractivity contribution in [3.05, 3.63) is 51.5 Å². The maximum absolute atomic E-state index is 12.6. The second-order valence-electron chi connectivity index (χ2n) is 4.98. The molecule has 1 unspecified atom stereocenters. The highest BCUT2D eigenvalue weighted by Crippen LogP contribution is 2.30. The highest BCUT2D eigenvalue weighted by atomic mass is 32.1. The summed E-state index contributed by atoms with van der Waals surface area (Å²) >= 11 is 1.42. The number of hydrogen-bond acceptors (Lipinski definition) is 4. The van der Waals surface area contributed by atoms with Gasteiger partial charge in [-0.15, -0.1) is 11.3 Å². The van der Waals surface area contributed by atoms with Crippen LogP contribution in [0.1, 0.15) is 27.9 Å². The number of halogens is 3. The van der Waals surface area contributed by atoms with Crippen LogP contribution in [0, 0.1) is 6.92 Å². The number of benzene rings is 1. The van der Waals surface area contributed by atoms with Crippen LogP contribution in [-0.4, -0.2) is 22.5 Å². The van der Waals surface area contributed by atoms with Gasteiger partial charge in [0.1, 0.15) is 0 Å². The zero-order valence-corrected chi connectivity index (χ0v) is 13.0. The van der Waals surface area contributed by atoms with Crippen molar-refractivity contribution in [2.24, 2.45) is 0 Å². The number of alkyl halides is 3. The number of hydrogen-bond donors (Lipinski definition) is 2. The van der Waals surface area contributed by atoms with Gasteiger partial charge in [0.15, 0.2) is 0 Å². The van der Waals surface area contributed by atoms with Crippen molar-refractivity contribution in [2.45, 2.75) is 25.6 Å². The maximum Gasteiger partial charge on any atom is 0.416 e. The van der Waals surface area contributed by atoms with Crippen molar-refractivity contribution in [3.63, 3.8) is 0 Å². The Morgan fingerprint density at radius 1 is 1.43 bits per heavy atom. The quantitative estimate of drug-likeness (QED) is 0.877. The summed E-state index contributed by atoms with van der Waals surface area (Å²) in [6, 6.07) is 4.41. The van der Waals surface area contributed by atoms with Crippen LogP contribution in [0.2, 0.25) is 0 Å². The molecule has 4 nitrogen and oxygen atoms in total. The van der Waals surface area contributed by atoms with Gasteiger partial charge in [0.05, 0.1) is 28.8 Å². The van der Waals surface area contributed by atoms with E-state index in [4.69, 9.17) is 0 Å². The number of aryl methyl sites for hydroxylation is 1. The summed E-state index contributed by atoms with van der Waals surface area (Å²) in [4.78, 5) is 15.9. The number of rotatable bonds is 5. The first-order chi connectivity index (χ1) is 10.8. The first kappa shape index (κ1) is 17.4. The summed E-state index contributed by atoms with van der Waals surface area (Å²) in [7, 11) is 0. The maximum atomic E-state index is 12.6. The van der Waals surface area contributed by atoms with Crippen LogP contribution in [0.5, 0.6) is 0 Å². The van der Waals surface area contributed by atoms with Gasteiger partial charge in [-0.1, -0.05) is 12.1 Å². The van der Waals surface area contributed by atoms with E-state index in [0.717, 1.165) is 17.1 Å². The molecule has 2 rings (SSSR count). The number of nitrogens with zero attached hydrogens (tertiary/aromatic N) is 1. The number of aliphatic hydroxyl groups is 1. The summed E-state index contributed by atoms with van der Waals surface area (Å²) < 4.78 is 37.9. The molecule has 0 fully saturated rings. The smallest absolute Gasteiger partial charge is 0.387 e. The lowest BCUT2D eigenvalue weighted by Gasteiger charge is -2.14. The number of thiazole rings is 1. The standard InChI is InChI=1S/C15H15F3N2O2S/c1-9-20-12(8-23-9)6-14(22)19-7-13(21)10-3-2-4-11(5-10)15(16,17)18/h2-5,8,13,21H,6-7H2,1H3,(H,19,22). The molecule has 124 valence electrons. The van der Waals surface area contributed by atoms with Crippen LogP contribution in [-0.2, 0) is 17.4 Å². The molecule has 8 heteroatoms. The van der Waals surface area contributed by atoms with E-state index in [2.05, 4.69) is 10.3 Å². The molecule has 0 bridgehead atoms. The Hall–Kier alpha value is -1.93. The average Bonchev–Trinajstić information content (AvgIpc) is 2.89. The average molecular weight is 344 g/mol. The van der Waals surface area contributed by atoms with E-state index in [-0.39, 0.29) is 24.4 Å².